The summed E-state index contributed by atoms with van der Waals surface area (Å²) in [4.78, 5) is 10.2. The van der Waals surface area contributed by atoms with E-state index in [1.54, 1.807) is 19.1 Å². The highest BCUT2D eigenvalue weighted by atomic mass is 32.2. The molecule has 0 aliphatic carbocycles. The van der Waals surface area contributed by atoms with Gasteiger partial charge in [-0.25, -0.2) is 8.42 Å². The number of nitro benzene ring substituents is 1. The fourth-order valence-corrected chi connectivity index (χ4v) is 3.26. The standard InChI is InChI=1S/C15H16N2O4S/c1-10-6-11(2)8-13(7-10)16-22(20,21)14-5-4-12(3)15(9-14)17(18)19/h4-9,16H,1-3H3. The second kappa shape index (κ2) is 5.76. The average molecular weight is 320 g/mol. The topological polar surface area (TPSA) is 89.3 Å². The van der Waals surface area contributed by atoms with Crippen molar-refractivity contribution in [2.75, 3.05) is 4.72 Å². The van der Waals surface area contributed by atoms with Crippen molar-refractivity contribution in [3.8, 4) is 0 Å². The number of rotatable bonds is 4. The summed E-state index contributed by atoms with van der Waals surface area (Å²) in [5, 5.41) is 10.9. The smallest absolute Gasteiger partial charge is 0.273 e. The Hall–Kier alpha value is -2.41. The second-order valence-electron chi connectivity index (χ2n) is 5.19. The van der Waals surface area contributed by atoms with Crippen LogP contribution in [0.2, 0.25) is 0 Å². The largest absolute Gasteiger partial charge is 0.280 e. The molecule has 2 rings (SSSR count). The van der Waals surface area contributed by atoms with Crippen LogP contribution in [0.1, 0.15) is 16.7 Å². The number of nitrogens with one attached hydrogen (secondary N) is 1. The maximum Gasteiger partial charge on any atom is 0.273 e. The third kappa shape index (κ3) is 3.43. The lowest BCUT2D eigenvalue weighted by atomic mass is 10.1. The van der Waals surface area contributed by atoms with Crippen LogP contribution in [-0.4, -0.2) is 13.3 Å². The Bertz CT molecular complexity index is 824. The van der Waals surface area contributed by atoms with E-state index in [-0.39, 0.29) is 10.6 Å². The fraction of sp³-hybridized carbons (Fsp3) is 0.200. The molecule has 0 atom stereocenters. The van der Waals surface area contributed by atoms with Crippen molar-refractivity contribution in [3.63, 3.8) is 0 Å². The third-order valence-electron chi connectivity index (χ3n) is 3.16. The molecule has 0 amide bonds. The molecule has 2 aromatic rings. The van der Waals surface area contributed by atoms with Crippen molar-refractivity contribution in [3.05, 3.63) is 63.2 Å². The average Bonchev–Trinajstić information content (AvgIpc) is 2.36. The molecule has 0 aliphatic heterocycles. The Balaban J connectivity index is 2.42. The van der Waals surface area contributed by atoms with Crippen LogP contribution in [0.25, 0.3) is 0 Å². The Morgan fingerprint density at radius 3 is 2.14 bits per heavy atom. The minimum atomic E-state index is -3.87. The van der Waals surface area contributed by atoms with Crippen molar-refractivity contribution in [1.82, 2.24) is 0 Å². The van der Waals surface area contributed by atoms with Crippen molar-refractivity contribution in [1.29, 1.82) is 0 Å². The molecule has 0 heterocycles. The molecule has 0 unspecified atom stereocenters. The van der Waals surface area contributed by atoms with Crippen LogP contribution in [-0.2, 0) is 10.0 Å². The molecule has 7 heteroatoms. The predicted octanol–water partition coefficient (Wildman–Crippen LogP) is 3.32. The lowest BCUT2D eigenvalue weighted by Gasteiger charge is -2.10. The van der Waals surface area contributed by atoms with Gasteiger partial charge in [0.25, 0.3) is 15.7 Å². The van der Waals surface area contributed by atoms with E-state index < -0.39 is 14.9 Å². The first-order valence-electron chi connectivity index (χ1n) is 6.55. The number of aryl methyl sites for hydroxylation is 3. The minimum absolute atomic E-state index is 0.135. The Morgan fingerprint density at radius 1 is 1.00 bits per heavy atom. The summed E-state index contributed by atoms with van der Waals surface area (Å²) in [5.41, 5.74) is 2.47. The molecule has 0 fully saturated rings. The van der Waals surface area contributed by atoms with E-state index in [1.165, 1.54) is 12.1 Å². The first kappa shape index (κ1) is 16.0. The number of nitro groups is 1. The van der Waals surface area contributed by atoms with Gasteiger partial charge in [0.05, 0.1) is 9.82 Å². The van der Waals surface area contributed by atoms with Crippen LogP contribution in [0, 0.1) is 30.9 Å². The van der Waals surface area contributed by atoms with E-state index in [9.17, 15) is 18.5 Å². The van der Waals surface area contributed by atoms with Gasteiger partial charge in [-0.1, -0.05) is 12.1 Å². The summed E-state index contributed by atoms with van der Waals surface area (Å²) in [6, 6.07) is 9.18. The second-order valence-corrected chi connectivity index (χ2v) is 6.87. The minimum Gasteiger partial charge on any atom is -0.280 e. The maximum absolute atomic E-state index is 12.4. The zero-order chi connectivity index (χ0) is 16.5. The van der Waals surface area contributed by atoms with Crippen LogP contribution in [0.3, 0.4) is 0 Å². The number of nitrogens with zero attached hydrogens (tertiary/aromatic N) is 1. The molecule has 0 aliphatic rings. The maximum atomic E-state index is 12.4. The molecule has 0 radical (unpaired) electrons. The highest BCUT2D eigenvalue weighted by Crippen LogP contribution is 2.24. The number of sulfonamides is 1. The zero-order valence-corrected chi connectivity index (χ0v) is 13.3. The van der Waals surface area contributed by atoms with Gasteiger partial charge in [0, 0.05) is 17.3 Å². The van der Waals surface area contributed by atoms with Gasteiger partial charge in [-0.2, -0.15) is 0 Å². The molecule has 0 bridgehead atoms. The van der Waals surface area contributed by atoms with Crippen molar-refractivity contribution in [2.45, 2.75) is 25.7 Å². The number of benzene rings is 2. The van der Waals surface area contributed by atoms with Crippen LogP contribution in [0.15, 0.2) is 41.3 Å². The van der Waals surface area contributed by atoms with Gasteiger partial charge in [-0.3, -0.25) is 14.8 Å². The first-order chi connectivity index (χ1) is 10.2. The molecule has 0 spiro atoms. The van der Waals surface area contributed by atoms with Crippen LogP contribution in [0.4, 0.5) is 11.4 Å². The normalized spacial score (nSPS) is 11.2. The van der Waals surface area contributed by atoms with E-state index >= 15 is 0 Å². The van der Waals surface area contributed by atoms with Crippen LogP contribution in [0.5, 0.6) is 0 Å². The Labute approximate surface area is 129 Å². The molecule has 1 N–H and O–H groups in total. The lowest BCUT2D eigenvalue weighted by Crippen LogP contribution is -2.13. The first-order valence-corrected chi connectivity index (χ1v) is 8.03. The van der Waals surface area contributed by atoms with Crippen molar-refractivity contribution in [2.24, 2.45) is 0 Å². The SMILES string of the molecule is Cc1cc(C)cc(NS(=O)(=O)c2ccc(C)c([N+](=O)[O-])c2)c1. The fourth-order valence-electron chi connectivity index (χ4n) is 2.20. The van der Waals surface area contributed by atoms with Crippen molar-refractivity contribution >= 4 is 21.4 Å². The summed E-state index contributed by atoms with van der Waals surface area (Å²) >= 11 is 0. The summed E-state index contributed by atoms with van der Waals surface area (Å²) in [6.07, 6.45) is 0. The molecule has 22 heavy (non-hydrogen) atoms. The summed E-state index contributed by atoms with van der Waals surface area (Å²) < 4.78 is 27.2. The highest BCUT2D eigenvalue weighted by molar-refractivity contribution is 7.92. The molecule has 116 valence electrons. The van der Waals surface area contributed by atoms with Gasteiger partial charge in [-0.05, 0) is 50.1 Å². The van der Waals surface area contributed by atoms with E-state index in [1.807, 2.05) is 19.9 Å². The Morgan fingerprint density at radius 2 is 1.59 bits per heavy atom. The predicted molar refractivity (Wildman–Crippen MR) is 84.6 cm³/mol. The summed E-state index contributed by atoms with van der Waals surface area (Å²) in [7, 11) is -3.87. The van der Waals surface area contributed by atoms with E-state index in [0.717, 1.165) is 17.2 Å². The zero-order valence-electron chi connectivity index (χ0n) is 12.5. The molecule has 0 aromatic heterocycles. The quantitative estimate of drug-likeness (QED) is 0.691. The molecule has 6 nitrogen and oxygen atoms in total. The van der Waals surface area contributed by atoms with Crippen LogP contribution >= 0.6 is 0 Å². The molecule has 2 aromatic carbocycles. The summed E-state index contributed by atoms with van der Waals surface area (Å²) in [5.74, 6) is 0. The van der Waals surface area contributed by atoms with E-state index in [2.05, 4.69) is 4.72 Å². The molecular formula is C15H16N2O4S. The van der Waals surface area contributed by atoms with Crippen LogP contribution < -0.4 is 4.72 Å². The molecular weight excluding hydrogens is 304 g/mol. The van der Waals surface area contributed by atoms with E-state index in [4.69, 9.17) is 0 Å². The monoisotopic (exact) mass is 320 g/mol. The van der Waals surface area contributed by atoms with Gasteiger partial charge in [0.2, 0.25) is 0 Å². The highest BCUT2D eigenvalue weighted by Gasteiger charge is 2.20. The van der Waals surface area contributed by atoms with Gasteiger partial charge in [0.15, 0.2) is 0 Å². The third-order valence-corrected chi connectivity index (χ3v) is 4.54. The van der Waals surface area contributed by atoms with Gasteiger partial charge < -0.3 is 0 Å². The molecule has 0 saturated heterocycles. The van der Waals surface area contributed by atoms with Gasteiger partial charge in [-0.15, -0.1) is 0 Å². The molecule has 0 saturated carbocycles. The summed E-state index contributed by atoms with van der Waals surface area (Å²) in [6.45, 7) is 5.29. The lowest BCUT2D eigenvalue weighted by molar-refractivity contribution is -0.385. The number of anilines is 1. The van der Waals surface area contributed by atoms with Crippen molar-refractivity contribution < 1.29 is 13.3 Å². The number of hydrogen-bond donors (Lipinski definition) is 1. The Kier molecular flexibility index (Phi) is 4.18. The van der Waals surface area contributed by atoms with E-state index in [0.29, 0.717) is 11.3 Å². The number of hydrogen-bond acceptors (Lipinski definition) is 4. The van der Waals surface area contributed by atoms with Gasteiger partial charge >= 0.3 is 0 Å². The van der Waals surface area contributed by atoms with Gasteiger partial charge in [0.1, 0.15) is 0 Å².